The summed E-state index contributed by atoms with van der Waals surface area (Å²) in [7, 11) is 2.10. The molecule has 0 aliphatic carbocycles. The van der Waals surface area contributed by atoms with Crippen molar-refractivity contribution in [3.05, 3.63) is 58.1 Å². The molecule has 2 amide bonds. The molecular weight excluding hydrogens is 428 g/mol. The van der Waals surface area contributed by atoms with Crippen molar-refractivity contribution in [3.8, 4) is 0 Å². The Morgan fingerprint density at radius 1 is 1.09 bits per heavy atom. The van der Waals surface area contributed by atoms with E-state index in [4.69, 9.17) is 16.3 Å². The monoisotopic (exact) mass is 456 g/mol. The van der Waals surface area contributed by atoms with Gasteiger partial charge in [-0.25, -0.2) is 0 Å². The molecule has 2 heterocycles. The van der Waals surface area contributed by atoms with Crippen LogP contribution in [-0.2, 0) is 20.7 Å². The van der Waals surface area contributed by atoms with E-state index in [1.54, 1.807) is 18.2 Å². The zero-order valence-corrected chi connectivity index (χ0v) is 19.2. The van der Waals surface area contributed by atoms with E-state index in [1.807, 2.05) is 6.92 Å². The maximum atomic E-state index is 12.5. The largest absolute Gasteiger partial charge is 0.379 e. The first kappa shape index (κ1) is 22.6. The predicted molar refractivity (Wildman–Crippen MR) is 126 cm³/mol. The molecule has 2 aliphatic rings. The lowest BCUT2D eigenvalue weighted by Gasteiger charge is -2.35. The number of rotatable bonds is 5. The molecule has 0 bridgehead atoms. The van der Waals surface area contributed by atoms with Gasteiger partial charge in [0, 0.05) is 49.6 Å². The topological polar surface area (TPSA) is 73.9 Å². The highest BCUT2D eigenvalue weighted by Gasteiger charge is 2.26. The third kappa shape index (κ3) is 5.06. The van der Waals surface area contributed by atoms with Crippen LogP contribution in [0, 0.1) is 6.92 Å². The van der Waals surface area contributed by atoms with Crippen LogP contribution in [0.2, 0.25) is 5.02 Å². The quantitative estimate of drug-likeness (QED) is 0.677. The Bertz CT molecular complexity index is 1010. The zero-order valence-electron chi connectivity index (χ0n) is 18.5. The number of nitrogens with zero attached hydrogens (tertiary/aromatic N) is 2. The molecule has 2 aromatic carbocycles. The van der Waals surface area contributed by atoms with Gasteiger partial charge in [0.1, 0.15) is 0 Å². The van der Waals surface area contributed by atoms with E-state index in [0.717, 1.165) is 37.2 Å². The lowest BCUT2D eigenvalue weighted by Crippen LogP contribution is -2.45. The van der Waals surface area contributed by atoms with Gasteiger partial charge in [-0.1, -0.05) is 29.8 Å². The second kappa shape index (κ2) is 9.90. The Kier molecular flexibility index (Phi) is 6.98. The van der Waals surface area contributed by atoms with Gasteiger partial charge in [-0.05, 0) is 48.2 Å². The summed E-state index contributed by atoms with van der Waals surface area (Å²) >= 11 is 6.11. The van der Waals surface area contributed by atoms with Gasteiger partial charge in [-0.2, -0.15) is 0 Å². The molecule has 4 rings (SSSR count). The summed E-state index contributed by atoms with van der Waals surface area (Å²) in [5.74, 6) is -1.37. The number of carbonyl (C=O) groups excluding carboxylic acids is 2. The number of carbonyl (C=O) groups is 2. The van der Waals surface area contributed by atoms with E-state index in [-0.39, 0.29) is 6.04 Å². The van der Waals surface area contributed by atoms with Gasteiger partial charge < -0.3 is 20.3 Å². The van der Waals surface area contributed by atoms with Crippen LogP contribution in [0.15, 0.2) is 36.4 Å². The highest BCUT2D eigenvalue weighted by Crippen LogP contribution is 2.31. The molecule has 0 spiro atoms. The molecule has 170 valence electrons. The van der Waals surface area contributed by atoms with Crippen LogP contribution < -0.4 is 15.5 Å². The smallest absolute Gasteiger partial charge is 0.313 e. The van der Waals surface area contributed by atoms with Gasteiger partial charge in [0.25, 0.3) is 0 Å². The molecule has 2 aliphatic heterocycles. The van der Waals surface area contributed by atoms with Crippen molar-refractivity contribution in [1.82, 2.24) is 10.2 Å². The maximum absolute atomic E-state index is 12.5. The molecule has 32 heavy (non-hydrogen) atoms. The number of benzene rings is 2. The summed E-state index contributed by atoms with van der Waals surface area (Å²) in [5, 5.41) is 5.98. The Morgan fingerprint density at radius 2 is 1.88 bits per heavy atom. The van der Waals surface area contributed by atoms with Gasteiger partial charge in [-0.15, -0.1) is 0 Å². The Hall–Kier alpha value is -2.61. The van der Waals surface area contributed by atoms with Crippen LogP contribution in [0.4, 0.5) is 11.4 Å². The van der Waals surface area contributed by atoms with Gasteiger partial charge in [-0.3, -0.25) is 14.5 Å². The first-order valence-electron chi connectivity index (χ1n) is 10.9. The number of amides is 2. The third-order valence-electron chi connectivity index (χ3n) is 6.19. The minimum absolute atomic E-state index is 0.0272. The van der Waals surface area contributed by atoms with E-state index in [1.165, 1.54) is 11.3 Å². The molecule has 1 fully saturated rings. The zero-order chi connectivity index (χ0) is 22.7. The van der Waals surface area contributed by atoms with Gasteiger partial charge in [0.15, 0.2) is 0 Å². The molecule has 2 aromatic rings. The van der Waals surface area contributed by atoms with Gasteiger partial charge >= 0.3 is 11.8 Å². The second-order valence-electron chi connectivity index (χ2n) is 8.35. The SMILES string of the molecule is Cc1ccc(NC(=O)C(=O)NCC(c2ccc3c(c2)CCN3C)N2CCOCC2)cc1Cl. The lowest BCUT2D eigenvalue weighted by molar-refractivity contribution is -0.136. The summed E-state index contributed by atoms with van der Waals surface area (Å²) in [6, 6.07) is 11.7. The van der Waals surface area contributed by atoms with Crippen molar-refractivity contribution in [2.45, 2.75) is 19.4 Å². The summed E-state index contributed by atoms with van der Waals surface area (Å²) in [5.41, 5.74) is 5.13. The normalized spacial score (nSPS) is 17.0. The number of likely N-dealkylation sites (N-methyl/N-ethyl adjacent to an activating group) is 1. The highest BCUT2D eigenvalue weighted by molar-refractivity contribution is 6.39. The number of morpholine rings is 1. The fourth-order valence-electron chi connectivity index (χ4n) is 4.27. The van der Waals surface area contributed by atoms with Crippen molar-refractivity contribution in [2.24, 2.45) is 0 Å². The first-order chi connectivity index (χ1) is 15.4. The Labute approximate surface area is 193 Å². The minimum atomic E-state index is -0.707. The summed E-state index contributed by atoms with van der Waals surface area (Å²) < 4.78 is 5.51. The number of aryl methyl sites for hydroxylation is 1. The fourth-order valence-corrected chi connectivity index (χ4v) is 4.45. The van der Waals surface area contributed by atoms with Crippen molar-refractivity contribution in [3.63, 3.8) is 0 Å². The van der Waals surface area contributed by atoms with Crippen LogP contribution in [0.1, 0.15) is 22.7 Å². The molecule has 2 N–H and O–H groups in total. The number of ether oxygens (including phenoxy) is 1. The molecule has 0 radical (unpaired) electrons. The number of nitrogens with one attached hydrogen (secondary N) is 2. The molecule has 1 atom stereocenters. The highest BCUT2D eigenvalue weighted by atomic mass is 35.5. The van der Waals surface area contributed by atoms with Crippen molar-refractivity contribution in [1.29, 1.82) is 0 Å². The molecule has 1 saturated heterocycles. The third-order valence-corrected chi connectivity index (χ3v) is 6.60. The van der Waals surface area contributed by atoms with Gasteiger partial charge in [0.2, 0.25) is 0 Å². The molecule has 7 nitrogen and oxygen atoms in total. The average molecular weight is 457 g/mol. The lowest BCUT2D eigenvalue weighted by atomic mass is 10.0. The Balaban J connectivity index is 1.44. The molecule has 0 saturated carbocycles. The van der Waals surface area contributed by atoms with Crippen LogP contribution in [0.5, 0.6) is 0 Å². The molecular formula is C24H29ClN4O3. The average Bonchev–Trinajstić information content (AvgIpc) is 3.17. The summed E-state index contributed by atoms with van der Waals surface area (Å²) in [6.07, 6.45) is 1.02. The summed E-state index contributed by atoms with van der Waals surface area (Å²) in [4.78, 5) is 29.5. The van der Waals surface area contributed by atoms with E-state index in [0.29, 0.717) is 30.5 Å². The number of hydrogen-bond acceptors (Lipinski definition) is 5. The van der Waals surface area contributed by atoms with Crippen LogP contribution in [-0.4, -0.2) is 63.2 Å². The molecule has 8 heteroatoms. The summed E-state index contributed by atoms with van der Waals surface area (Å²) in [6.45, 7) is 6.12. The number of fused-ring (bicyclic) bond motifs is 1. The molecule has 0 aromatic heterocycles. The number of halogens is 1. The van der Waals surface area contributed by atoms with Crippen LogP contribution >= 0.6 is 11.6 Å². The fraction of sp³-hybridized carbons (Fsp3) is 0.417. The second-order valence-corrected chi connectivity index (χ2v) is 8.76. The maximum Gasteiger partial charge on any atom is 0.313 e. The molecule has 1 unspecified atom stereocenters. The van der Waals surface area contributed by atoms with E-state index < -0.39 is 11.8 Å². The van der Waals surface area contributed by atoms with Crippen molar-refractivity contribution >= 4 is 34.8 Å². The first-order valence-corrected chi connectivity index (χ1v) is 11.3. The van der Waals surface area contributed by atoms with Gasteiger partial charge in [0.05, 0.1) is 19.3 Å². The van der Waals surface area contributed by atoms with Crippen molar-refractivity contribution < 1.29 is 14.3 Å². The minimum Gasteiger partial charge on any atom is -0.379 e. The number of hydrogen-bond donors (Lipinski definition) is 2. The number of anilines is 2. The van der Waals surface area contributed by atoms with Crippen LogP contribution in [0.3, 0.4) is 0 Å². The van der Waals surface area contributed by atoms with E-state index >= 15 is 0 Å². The Morgan fingerprint density at radius 3 is 2.62 bits per heavy atom. The van der Waals surface area contributed by atoms with Crippen molar-refractivity contribution in [2.75, 3.05) is 56.7 Å². The van der Waals surface area contributed by atoms with Crippen LogP contribution in [0.25, 0.3) is 0 Å². The van der Waals surface area contributed by atoms with E-state index in [9.17, 15) is 9.59 Å². The van der Waals surface area contributed by atoms with E-state index in [2.05, 4.69) is 45.7 Å². The standard InChI is InChI=1S/C24H29ClN4O3/c1-16-3-5-19(14-20(16)25)27-24(31)23(30)26-15-22(29-9-11-32-12-10-29)17-4-6-21-18(13-17)7-8-28(21)2/h3-6,13-14,22H,7-12,15H2,1-2H3,(H,26,30)(H,27,31). The predicted octanol–water partition coefficient (Wildman–Crippen LogP) is 2.77.